The second-order valence-corrected chi connectivity index (χ2v) is 4.71. The molecule has 1 unspecified atom stereocenters. The Kier molecular flexibility index (Phi) is 3.78. The fourth-order valence-electron chi connectivity index (χ4n) is 1.72. The molecule has 3 N–H and O–H groups in total. The summed E-state index contributed by atoms with van der Waals surface area (Å²) < 4.78 is 0. The minimum Gasteiger partial charge on any atom is -0.393 e. The molecule has 1 atom stereocenters. The second-order valence-electron chi connectivity index (χ2n) is 4.71. The first-order valence-corrected chi connectivity index (χ1v) is 5.99. The highest BCUT2D eigenvalue weighted by Gasteiger charge is 2.20. The van der Waals surface area contributed by atoms with E-state index in [0.717, 1.165) is 10.9 Å². The molecule has 0 aliphatic heterocycles. The van der Waals surface area contributed by atoms with E-state index >= 15 is 0 Å². The van der Waals surface area contributed by atoms with Gasteiger partial charge in [-0.3, -0.25) is 9.78 Å². The molecule has 5 heteroatoms. The van der Waals surface area contributed by atoms with Crippen LogP contribution in [0.25, 0.3) is 10.9 Å². The molecule has 19 heavy (non-hydrogen) atoms. The molecule has 5 nitrogen and oxygen atoms in total. The third-order valence-electron chi connectivity index (χ3n) is 2.86. The van der Waals surface area contributed by atoms with Crippen LogP contribution in [0.15, 0.2) is 36.5 Å². The standard InChI is InChI=1S/C14H16N2O3/c1-14(19,9-17)8-16-13(18)11-6-7-15-12-5-3-2-4-10(11)12/h2-7,17,19H,8-9H2,1H3,(H,16,18). The first-order valence-electron chi connectivity index (χ1n) is 5.99. The molecule has 0 aliphatic rings. The van der Waals surface area contributed by atoms with E-state index in [-0.39, 0.29) is 12.5 Å². The van der Waals surface area contributed by atoms with Crippen LogP contribution in [0.3, 0.4) is 0 Å². The highest BCUT2D eigenvalue weighted by Crippen LogP contribution is 2.16. The molecule has 0 saturated carbocycles. The monoisotopic (exact) mass is 260 g/mol. The molecular formula is C14H16N2O3. The summed E-state index contributed by atoms with van der Waals surface area (Å²) in [6.07, 6.45) is 1.57. The predicted molar refractivity (Wildman–Crippen MR) is 71.8 cm³/mol. The molecule has 2 rings (SSSR count). The maximum Gasteiger partial charge on any atom is 0.252 e. The average Bonchev–Trinajstić information content (AvgIpc) is 2.44. The smallest absolute Gasteiger partial charge is 0.252 e. The van der Waals surface area contributed by atoms with Gasteiger partial charge in [0.2, 0.25) is 0 Å². The van der Waals surface area contributed by atoms with Crippen molar-refractivity contribution < 1.29 is 15.0 Å². The summed E-state index contributed by atoms with van der Waals surface area (Å²) in [6.45, 7) is 1.03. The van der Waals surface area contributed by atoms with Gasteiger partial charge >= 0.3 is 0 Å². The van der Waals surface area contributed by atoms with Gasteiger partial charge in [0, 0.05) is 18.1 Å². The van der Waals surface area contributed by atoms with Gasteiger partial charge < -0.3 is 15.5 Å². The van der Waals surface area contributed by atoms with Crippen LogP contribution >= 0.6 is 0 Å². The minimum absolute atomic E-state index is 0.0149. The highest BCUT2D eigenvalue weighted by atomic mass is 16.3. The van der Waals surface area contributed by atoms with Crippen LogP contribution in [0.1, 0.15) is 17.3 Å². The molecule has 0 spiro atoms. The van der Waals surface area contributed by atoms with Crippen LogP contribution in [0.4, 0.5) is 0 Å². The van der Waals surface area contributed by atoms with Crippen LogP contribution in [0.2, 0.25) is 0 Å². The Morgan fingerprint density at radius 3 is 2.84 bits per heavy atom. The predicted octanol–water partition coefficient (Wildman–Crippen LogP) is 0.708. The summed E-state index contributed by atoms with van der Waals surface area (Å²) in [7, 11) is 0. The number of carbonyl (C=O) groups is 1. The largest absolute Gasteiger partial charge is 0.393 e. The van der Waals surface area contributed by atoms with Gasteiger partial charge in [0.1, 0.15) is 5.60 Å². The summed E-state index contributed by atoms with van der Waals surface area (Å²) >= 11 is 0. The quantitative estimate of drug-likeness (QED) is 0.756. The van der Waals surface area contributed by atoms with Crippen molar-refractivity contribution in [2.45, 2.75) is 12.5 Å². The second kappa shape index (κ2) is 5.34. The van der Waals surface area contributed by atoms with Crippen molar-refractivity contribution >= 4 is 16.8 Å². The van der Waals surface area contributed by atoms with E-state index in [1.807, 2.05) is 24.3 Å². The van der Waals surface area contributed by atoms with Crippen molar-refractivity contribution in [3.63, 3.8) is 0 Å². The van der Waals surface area contributed by atoms with Crippen molar-refractivity contribution in [3.05, 3.63) is 42.1 Å². The van der Waals surface area contributed by atoms with E-state index in [9.17, 15) is 9.90 Å². The molecule has 1 heterocycles. The number of hydrogen-bond acceptors (Lipinski definition) is 4. The first-order chi connectivity index (χ1) is 9.03. The number of aromatic nitrogens is 1. The number of carbonyl (C=O) groups excluding carboxylic acids is 1. The average molecular weight is 260 g/mol. The van der Waals surface area contributed by atoms with E-state index in [4.69, 9.17) is 5.11 Å². The van der Waals surface area contributed by atoms with Gasteiger partial charge in [-0.2, -0.15) is 0 Å². The van der Waals surface area contributed by atoms with Crippen molar-refractivity contribution in [2.75, 3.05) is 13.2 Å². The lowest BCUT2D eigenvalue weighted by Gasteiger charge is -2.20. The number of rotatable bonds is 4. The van der Waals surface area contributed by atoms with Crippen molar-refractivity contribution in [1.82, 2.24) is 10.3 Å². The highest BCUT2D eigenvalue weighted by molar-refractivity contribution is 6.05. The zero-order chi connectivity index (χ0) is 13.9. The van der Waals surface area contributed by atoms with Crippen LogP contribution in [-0.2, 0) is 0 Å². The lowest BCUT2D eigenvalue weighted by Crippen LogP contribution is -2.43. The lowest BCUT2D eigenvalue weighted by atomic mass is 10.1. The van der Waals surface area contributed by atoms with Crippen LogP contribution in [-0.4, -0.2) is 39.9 Å². The molecule has 1 amide bonds. The fourth-order valence-corrected chi connectivity index (χ4v) is 1.72. The Bertz CT molecular complexity index is 591. The Morgan fingerprint density at radius 2 is 2.11 bits per heavy atom. The SMILES string of the molecule is CC(O)(CO)CNC(=O)c1ccnc2ccccc12. The Hall–Kier alpha value is -1.98. The Morgan fingerprint density at radius 1 is 1.37 bits per heavy atom. The molecular weight excluding hydrogens is 244 g/mol. The van der Waals surface area contributed by atoms with Crippen molar-refractivity contribution in [2.24, 2.45) is 0 Å². The number of aliphatic hydroxyl groups excluding tert-OH is 1. The van der Waals surface area contributed by atoms with Crippen molar-refractivity contribution in [3.8, 4) is 0 Å². The van der Waals surface area contributed by atoms with E-state index < -0.39 is 12.2 Å². The summed E-state index contributed by atoms with van der Waals surface area (Å²) in [5, 5.41) is 22.0. The molecule has 100 valence electrons. The van der Waals surface area contributed by atoms with Crippen LogP contribution in [0, 0.1) is 0 Å². The van der Waals surface area contributed by atoms with E-state index in [2.05, 4.69) is 10.3 Å². The zero-order valence-electron chi connectivity index (χ0n) is 10.6. The number of nitrogens with one attached hydrogen (secondary N) is 1. The van der Waals surface area contributed by atoms with Crippen molar-refractivity contribution in [1.29, 1.82) is 0 Å². The molecule has 1 aromatic heterocycles. The molecule has 0 fully saturated rings. The van der Waals surface area contributed by atoms with E-state index in [1.165, 1.54) is 6.92 Å². The molecule has 1 aromatic carbocycles. The number of aliphatic hydroxyl groups is 2. The number of pyridine rings is 1. The summed E-state index contributed by atoms with van der Waals surface area (Å²) in [4.78, 5) is 16.3. The number of hydrogen-bond donors (Lipinski definition) is 3. The Balaban J connectivity index is 2.23. The number of amides is 1. The third kappa shape index (κ3) is 3.07. The minimum atomic E-state index is -1.32. The maximum absolute atomic E-state index is 12.1. The van der Waals surface area contributed by atoms with E-state index in [1.54, 1.807) is 12.3 Å². The van der Waals surface area contributed by atoms with Crippen LogP contribution < -0.4 is 5.32 Å². The Labute approximate surface area is 110 Å². The first kappa shape index (κ1) is 13.5. The van der Waals surface area contributed by atoms with Gasteiger partial charge in [-0.1, -0.05) is 18.2 Å². The van der Waals surface area contributed by atoms with Gasteiger partial charge in [0.25, 0.3) is 5.91 Å². The number of para-hydroxylation sites is 1. The van der Waals surface area contributed by atoms with Gasteiger partial charge in [0.15, 0.2) is 0 Å². The van der Waals surface area contributed by atoms with Gasteiger partial charge in [0.05, 0.1) is 17.7 Å². The molecule has 0 saturated heterocycles. The number of nitrogens with zero attached hydrogens (tertiary/aromatic N) is 1. The maximum atomic E-state index is 12.1. The zero-order valence-corrected chi connectivity index (χ0v) is 10.6. The van der Waals surface area contributed by atoms with Crippen LogP contribution in [0.5, 0.6) is 0 Å². The number of fused-ring (bicyclic) bond motifs is 1. The van der Waals surface area contributed by atoms with E-state index in [0.29, 0.717) is 5.56 Å². The normalized spacial score (nSPS) is 14.1. The molecule has 0 radical (unpaired) electrons. The molecule has 0 aliphatic carbocycles. The third-order valence-corrected chi connectivity index (χ3v) is 2.86. The summed E-state index contributed by atoms with van der Waals surface area (Å²) in [5.74, 6) is -0.299. The molecule has 2 aromatic rings. The number of benzene rings is 1. The fraction of sp³-hybridized carbons (Fsp3) is 0.286. The molecule has 0 bridgehead atoms. The summed E-state index contributed by atoms with van der Waals surface area (Å²) in [5.41, 5.74) is -0.0817. The van der Waals surface area contributed by atoms with Gasteiger partial charge in [-0.05, 0) is 19.1 Å². The topological polar surface area (TPSA) is 82.5 Å². The van der Waals surface area contributed by atoms with Gasteiger partial charge in [-0.15, -0.1) is 0 Å². The lowest BCUT2D eigenvalue weighted by molar-refractivity contribution is 0.00321. The summed E-state index contributed by atoms with van der Waals surface area (Å²) in [6, 6.07) is 8.97. The van der Waals surface area contributed by atoms with Gasteiger partial charge in [-0.25, -0.2) is 0 Å².